The van der Waals surface area contributed by atoms with E-state index in [0.717, 1.165) is 10.8 Å². The average Bonchev–Trinajstić information content (AvgIpc) is 2.68. The Bertz CT molecular complexity index is 1100. The van der Waals surface area contributed by atoms with E-state index in [1.165, 1.54) is 31.2 Å². The monoisotopic (exact) mass is 416 g/mol. The highest BCUT2D eigenvalue weighted by atomic mass is 31.2. The molecule has 9 nitrogen and oxygen atoms in total. The Morgan fingerprint density at radius 1 is 1.03 bits per heavy atom. The average molecular weight is 416 g/mol. The van der Waals surface area contributed by atoms with E-state index in [1.807, 2.05) is 24.3 Å². The van der Waals surface area contributed by atoms with Crippen LogP contribution in [-0.2, 0) is 9.36 Å². The van der Waals surface area contributed by atoms with E-state index in [-0.39, 0.29) is 17.2 Å². The molecule has 0 amide bonds. The SMILES string of the molecule is CC(NP(=O)(Oc1ccc([N+](=O)[O-])cc1)Oc1ccc2ccccc2c1)C(=O)O. The van der Waals surface area contributed by atoms with Crippen molar-refractivity contribution in [2.24, 2.45) is 0 Å². The highest BCUT2D eigenvalue weighted by Gasteiger charge is 2.33. The maximum Gasteiger partial charge on any atom is 0.513 e. The van der Waals surface area contributed by atoms with Crippen molar-refractivity contribution in [1.82, 2.24) is 5.09 Å². The van der Waals surface area contributed by atoms with Crippen LogP contribution < -0.4 is 14.1 Å². The van der Waals surface area contributed by atoms with E-state index >= 15 is 0 Å². The number of carboxylic acids is 1. The van der Waals surface area contributed by atoms with Crippen LogP contribution in [0.3, 0.4) is 0 Å². The van der Waals surface area contributed by atoms with E-state index in [4.69, 9.17) is 14.2 Å². The Balaban J connectivity index is 1.90. The van der Waals surface area contributed by atoms with E-state index < -0.39 is 24.7 Å². The lowest BCUT2D eigenvalue weighted by atomic mass is 10.1. The number of nitrogens with one attached hydrogen (secondary N) is 1. The van der Waals surface area contributed by atoms with Crippen molar-refractivity contribution in [3.63, 3.8) is 0 Å². The molecular formula is C19H17N2O7P. The van der Waals surface area contributed by atoms with E-state index in [9.17, 15) is 19.5 Å². The number of non-ortho nitro benzene ring substituents is 1. The Hall–Kier alpha value is -3.42. The van der Waals surface area contributed by atoms with E-state index in [0.29, 0.717) is 0 Å². The molecule has 150 valence electrons. The van der Waals surface area contributed by atoms with Crippen LogP contribution in [0.1, 0.15) is 6.92 Å². The minimum atomic E-state index is -4.19. The van der Waals surface area contributed by atoms with Gasteiger partial charge >= 0.3 is 13.7 Å². The van der Waals surface area contributed by atoms with Gasteiger partial charge in [0.05, 0.1) is 4.92 Å². The molecule has 0 spiro atoms. The molecule has 0 radical (unpaired) electrons. The largest absolute Gasteiger partial charge is 0.513 e. The third-order valence-electron chi connectivity index (χ3n) is 3.94. The van der Waals surface area contributed by atoms with Gasteiger partial charge in [0.1, 0.15) is 17.5 Å². The number of carbonyl (C=O) groups is 1. The van der Waals surface area contributed by atoms with Crippen molar-refractivity contribution in [3.05, 3.63) is 76.8 Å². The maximum atomic E-state index is 13.3. The number of nitro benzene ring substituents is 1. The third kappa shape index (κ3) is 5.10. The van der Waals surface area contributed by atoms with Gasteiger partial charge in [-0.1, -0.05) is 30.3 Å². The summed E-state index contributed by atoms with van der Waals surface area (Å²) in [6, 6.07) is 16.1. The topological polar surface area (TPSA) is 128 Å². The van der Waals surface area contributed by atoms with Crippen LogP contribution in [0.4, 0.5) is 5.69 Å². The van der Waals surface area contributed by atoms with Crippen LogP contribution in [0.2, 0.25) is 0 Å². The van der Waals surface area contributed by atoms with Gasteiger partial charge in [-0.2, -0.15) is 5.09 Å². The predicted octanol–water partition coefficient (Wildman–Crippen LogP) is 4.38. The van der Waals surface area contributed by atoms with Crippen molar-refractivity contribution >= 4 is 30.2 Å². The first-order valence-corrected chi connectivity index (χ1v) is 10.0. The zero-order chi connectivity index (χ0) is 21.0. The lowest BCUT2D eigenvalue weighted by Gasteiger charge is -2.22. The van der Waals surface area contributed by atoms with Crippen LogP contribution in [0.5, 0.6) is 11.5 Å². The van der Waals surface area contributed by atoms with Gasteiger partial charge < -0.3 is 14.2 Å². The van der Waals surface area contributed by atoms with Crippen molar-refractivity contribution in [2.45, 2.75) is 13.0 Å². The standard InChI is InChI=1S/C19H17N2O7P/c1-13(19(22)23)20-29(26,27-17-10-7-16(8-11-17)21(24)25)28-18-9-6-14-4-2-3-5-15(14)12-18/h2-13H,1H3,(H,20,26)(H,22,23). The second-order valence-electron chi connectivity index (χ2n) is 6.13. The van der Waals surface area contributed by atoms with Crippen molar-refractivity contribution < 1.29 is 28.4 Å². The lowest BCUT2D eigenvalue weighted by Crippen LogP contribution is -2.34. The first-order chi connectivity index (χ1) is 13.8. The summed E-state index contributed by atoms with van der Waals surface area (Å²) in [4.78, 5) is 21.4. The molecule has 0 saturated heterocycles. The summed E-state index contributed by atoms with van der Waals surface area (Å²) in [5.74, 6) is -1.02. The smallest absolute Gasteiger partial charge is 0.480 e. The van der Waals surface area contributed by atoms with E-state index in [2.05, 4.69) is 5.09 Å². The number of nitro groups is 1. The fourth-order valence-electron chi connectivity index (χ4n) is 2.49. The highest BCUT2D eigenvalue weighted by molar-refractivity contribution is 7.52. The predicted molar refractivity (Wildman–Crippen MR) is 106 cm³/mol. The number of benzene rings is 3. The molecular weight excluding hydrogens is 399 g/mol. The second-order valence-corrected chi connectivity index (χ2v) is 7.75. The molecule has 0 aliphatic rings. The summed E-state index contributed by atoms with van der Waals surface area (Å²) in [5, 5.41) is 24.0. The maximum absolute atomic E-state index is 13.3. The first-order valence-electron chi connectivity index (χ1n) is 8.49. The Morgan fingerprint density at radius 3 is 2.24 bits per heavy atom. The Labute approximate surface area is 165 Å². The fourth-order valence-corrected chi connectivity index (χ4v) is 4.01. The summed E-state index contributed by atoms with van der Waals surface area (Å²) in [5.41, 5.74) is -0.172. The van der Waals surface area contributed by atoms with Gasteiger partial charge in [-0.15, -0.1) is 0 Å². The van der Waals surface area contributed by atoms with Crippen LogP contribution in [-0.4, -0.2) is 22.0 Å². The normalized spacial score (nSPS) is 14.0. The van der Waals surface area contributed by atoms with Crippen LogP contribution in [0.15, 0.2) is 66.7 Å². The second kappa shape index (κ2) is 8.30. The van der Waals surface area contributed by atoms with Crippen molar-refractivity contribution in [3.8, 4) is 11.5 Å². The van der Waals surface area contributed by atoms with Crippen LogP contribution in [0, 0.1) is 10.1 Å². The van der Waals surface area contributed by atoms with Crippen LogP contribution >= 0.6 is 7.75 Å². The zero-order valence-corrected chi connectivity index (χ0v) is 16.1. The third-order valence-corrected chi connectivity index (χ3v) is 5.55. The van der Waals surface area contributed by atoms with Crippen LogP contribution in [0.25, 0.3) is 10.8 Å². The Kier molecular flexibility index (Phi) is 5.81. The van der Waals surface area contributed by atoms with Gasteiger partial charge in [0.2, 0.25) is 0 Å². The quantitative estimate of drug-likeness (QED) is 0.315. The molecule has 2 atom stereocenters. The number of fused-ring (bicyclic) bond motifs is 1. The molecule has 2 N–H and O–H groups in total. The molecule has 10 heteroatoms. The van der Waals surface area contributed by atoms with Gasteiger partial charge in [0.15, 0.2) is 0 Å². The van der Waals surface area contributed by atoms with Gasteiger partial charge in [-0.3, -0.25) is 14.9 Å². The molecule has 3 rings (SSSR count). The fraction of sp³-hybridized carbons (Fsp3) is 0.105. The summed E-state index contributed by atoms with van der Waals surface area (Å²) < 4.78 is 24.2. The number of carboxylic acid groups (broad SMARTS) is 1. The van der Waals surface area contributed by atoms with Gasteiger partial charge in [0, 0.05) is 12.1 Å². The van der Waals surface area contributed by atoms with Crippen molar-refractivity contribution in [1.29, 1.82) is 0 Å². The molecule has 0 heterocycles. The molecule has 29 heavy (non-hydrogen) atoms. The number of hydrogen-bond donors (Lipinski definition) is 2. The van der Waals surface area contributed by atoms with E-state index in [1.54, 1.807) is 18.2 Å². The first kappa shape index (κ1) is 20.3. The molecule has 0 saturated carbocycles. The number of hydrogen-bond acceptors (Lipinski definition) is 6. The molecule has 3 aromatic rings. The molecule has 3 aromatic carbocycles. The summed E-state index contributed by atoms with van der Waals surface area (Å²) in [7, 11) is -4.19. The number of nitrogens with zero attached hydrogens (tertiary/aromatic N) is 1. The minimum absolute atomic E-state index is 0.0183. The molecule has 0 aliphatic heterocycles. The molecule has 0 bridgehead atoms. The molecule has 0 aliphatic carbocycles. The van der Waals surface area contributed by atoms with Gasteiger partial charge in [0.25, 0.3) is 5.69 Å². The molecule has 0 fully saturated rings. The highest BCUT2D eigenvalue weighted by Crippen LogP contribution is 2.46. The lowest BCUT2D eigenvalue weighted by molar-refractivity contribution is -0.384. The van der Waals surface area contributed by atoms with Gasteiger partial charge in [-0.25, -0.2) is 4.57 Å². The number of aliphatic carboxylic acids is 1. The summed E-state index contributed by atoms with van der Waals surface area (Å²) in [6.45, 7) is 1.29. The molecule has 0 aromatic heterocycles. The summed E-state index contributed by atoms with van der Waals surface area (Å²) >= 11 is 0. The zero-order valence-electron chi connectivity index (χ0n) is 15.2. The van der Waals surface area contributed by atoms with Crippen molar-refractivity contribution in [2.75, 3.05) is 0 Å². The molecule has 2 unspecified atom stereocenters. The van der Waals surface area contributed by atoms with Gasteiger partial charge in [-0.05, 0) is 42.0 Å². The number of rotatable bonds is 8. The minimum Gasteiger partial charge on any atom is -0.480 e. The Morgan fingerprint density at radius 2 is 1.62 bits per heavy atom. The summed E-state index contributed by atoms with van der Waals surface area (Å²) in [6.07, 6.45) is 0.